The Hall–Kier alpha value is 0.590. The van der Waals surface area contributed by atoms with Gasteiger partial charge in [0.05, 0.1) is 13.2 Å². The van der Waals surface area contributed by atoms with Gasteiger partial charge in [-0.3, -0.25) is 0 Å². The van der Waals surface area contributed by atoms with E-state index < -0.39 is 24.4 Å². The van der Waals surface area contributed by atoms with Gasteiger partial charge >= 0.3 is 16.0 Å². The van der Waals surface area contributed by atoms with Crippen LogP contribution in [0.5, 0.6) is 0 Å². The zero-order valence-electron chi connectivity index (χ0n) is 10.9. The van der Waals surface area contributed by atoms with Gasteiger partial charge in [0, 0.05) is 28.8 Å². The fourth-order valence-electron chi connectivity index (χ4n) is 0.669. The molecule has 0 fully saturated rings. The van der Waals surface area contributed by atoms with Crippen molar-refractivity contribution in [3.8, 4) is 0 Å². The summed E-state index contributed by atoms with van der Waals surface area (Å²) < 4.78 is 84.9. The van der Waals surface area contributed by atoms with Crippen LogP contribution in [0.15, 0.2) is 0 Å². The molecule has 0 unspecified atom stereocenters. The van der Waals surface area contributed by atoms with E-state index in [4.69, 9.17) is 9.05 Å². The lowest BCUT2D eigenvalue weighted by Crippen LogP contribution is -2.48. The van der Waals surface area contributed by atoms with E-state index in [-0.39, 0.29) is 22.6 Å². The topological polar surface area (TPSA) is 18.5 Å². The van der Waals surface area contributed by atoms with E-state index in [2.05, 4.69) is 6.92 Å². The van der Waals surface area contributed by atoms with Crippen LogP contribution in [0.2, 0.25) is 0 Å². The van der Waals surface area contributed by atoms with Gasteiger partial charge in [-0.15, -0.1) is 0 Å². The normalized spacial score (nSPS) is 13.2. The summed E-state index contributed by atoms with van der Waals surface area (Å²) in [4.78, 5) is 0. The summed E-state index contributed by atoms with van der Waals surface area (Å²) in [7, 11) is -0.559. The maximum atomic E-state index is 11.6. The van der Waals surface area contributed by atoms with Gasteiger partial charge in [-0.1, -0.05) is 6.92 Å². The molecule has 0 saturated carbocycles. The molecule has 0 spiro atoms. The average molecular weight is 446 g/mol. The molecular weight excluding hydrogens is 431 g/mol. The molecule has 2 nitrogen and oxygen atoms in total. The zero-order chi connectivity index (χ0) is 16.6. The Kier molecular flexibility index (Phi) is 10.9. The molecule has 20 heavy (non-hydrogen) atoms. The first kappa shape index (κ1) is 22.9. The van der Waals surface area contributed by atoms with Crippen LogP contribution in [-0.2, 0) is 9.05 Å². The Morgan fingerprint density at radius 2 is 1.20 bits per heavy atom. The van der Waals surface area contributed by atoms with Gasteiger partial charge in [0.15, 0.2) is 8.38 Å². The minimum absolute atomic E-state index is 0.259. The van der Waals surface area contributed by atoms with Crippen molar-refractivity contribution < 1.29 is 39.8 Å². The van der Waals surface area contributed by atoms with Crippen LogP contribution < -0.4 is 0 Å². The summed E-state index contributed by atoms with van der Waals surface area (Å²) in [6.07, 6.45) is -5.21. The summed E-state index contributed by atoms with van der Waals surface area (Å²) in [5, 5.41) is 0. The van der Waals surface area contributed by atoms with E-state index in [0.29, 0.717) is 0 Å². The van der Waals surface area contributed by atoms with Crippen molar-refractivity contribution in [1.29, 1.82) is 0 Å². The predicted molar refractivity (Wildman–Crippen MR) is 70.7 cm³/mol. The highest BCUT2D eigenvalue weighted by molar-refractivity contribution is 14.1. The Labute approximate surface area is 127 Å². The van der Waals surface area contributed by atoms with Crippen LogP contribution in [0.3, 0.4) is 0 Å². The van der Waals surface area contributed by atoms with E-state index in [1.807, 2.05) is 13.8 Å². The highest BCUT2D eigenvalue weighted by Crippen LogP contribution is 2.49. The average Bonchev–Trinajstić information content (AvgIpc) is 2.26. The van der Waals surface area contributed by atoms with Crippen LogP contribution in [-0.4, -0.2) is 35.4 Å². The first-order valence-electron chi connectivity index (χ1n) is 5.39. The molecule has 124 valence electrons. The molecule has 0 aromatic heterocycles. The smallest absolute Gasteiger partial charge is 0.334 e. The Balaban J connectivity index is 0. The first-order valence-corrected chi connectivity index (χ1v) is 7.83. The number of rotatable bonds is 6. The lowest BCUT2D eigenvalue weighted by Gasteiger charge is -2.23. The van der Waals surface area contributed by atoms with E-state index in [1.165, 1.54) is 0 Å². The molecule has 0 N–H and O–H groups in total. The van der Waals surface area contributed by atoms with Crippen molar-refractivity contribution in [2.75, 3.05) is 19.4 Å². The van der Waals surface area contributed by atoms with E-state index in [0.717, 1.165) is 19.4 Å². The predicted octanol–water partition coefficient (Wildman–Crippen LogP) is 5.60. The molecule has 0 radical (unpaired) electrons. The summed E-state index contributed by atoms with van der Waals surface area (Å²) in [6.45, 7) is 7.59. The monoisotopic (exact) mass is 446 g/mol. The van der Waals surface area contributed by atoms with Crippen molar-refractivity contribution in [1.82, 2.24) is 0 Å². The molecule has 0 rings (SSSR count). The number of hydrogen-bond donors (Lipinski definition) is 0. The van der Waals surface area contributed by atoms with Crippen molar-refractivity contribution in [3.63, 3.8) is 0 Å². The minimum atomic E-state index is -6.21. The second-order valence-corrected chi connectivity index (χ2v) is 6.22. The largest absolute Gasteiger partial charge is 0.460 e. The summed E-state index contributed by atoms with van der Waals surface area (Å²) >= 11 is -0.259. The molecule has 0 bridgehead atoms. The molecule has 0 aliphatic rings. The highest BCUT2D eigenvalue weighted by atomic mass is 127. The molecular formula is C9H15F7IO2P. The van der Waals surface area contributed by atoms with Gasteiger partial charge < -0.3 is 9.05 Å². The molecule has 0 aromatic carbocycles. The quantitative estimate of drug-likeness (QED) is 0.229. The molecule has 0 heterocycles. The number of halogens is 8. The van der Waals surface area contributed by atoms with Crippen molar-refractivity contribution in [2.24, 2.45) is 0 Å². The van der Waals surface area contributed by atoms with E-state index in [1.54, 1.807) is 0 Å². The highest BCUT2D eigenvalue weighted by Gasteiger charge is 2.72. The third kappa shape index (κ3) is 8.14. The molecule has 0 aliphatic carbocycles. The maximum Gasteiger partial charge on any atom is 0.460 e. The summed E-state index contributed by atoms with van der Waals surface area (Å²) in [5.74, 6) is -5.97. The SMILES string of the molecule is CCOP(CC)OCC.FC(F)(F)C(F)(F)C(F)(F)I. The molecule has 11 heteroatoms. The Morgan fingerprint density at radius 3 is 1.30 bits per heavy atom. The molecule has 0 aromatic rings. The fraction of sp³-hybridized carbons (Fsp3) is 1.00. The lowest BCUT2D eigenvalue weighted by atomic mass is 10.3. The molecule has 0 aliphatic heterocycles. The van der Waals surface area contributed by atoms with E-state index >= 15 is 0 Å². The Bertz CT molecular complexity index is 236. The zero-order valence-corrected chi connectivity index (χ0v) is 14.0. The van der Waals surface area contributed by atoms with Crippen LogP contribution in [0.25, 0.3) is 0 Å². The molecule has 0 saturated heterocycles. The fourth-order valence-corrected chi connectivity index (χ4v) is 1.99. The van der Waals surface area contributed by atoms with Crippen LogP contribution in [0, 0.1) is 0 Å². The van der Waals surface area contributed by atoms with Gasteiger partial charge in [0.25, 0.3) is 0 Å². The maximum absolute atomic E-state index is 11.6. The van der Waals surface area contributed by atoms with Gasteiger partial charge in [-0.05, 0) is 13.8 Å². The first-order chi connectivity index (χ1) is 8.85. The number of hydrogen-bond acceptors (Lipinski definition) is 2. The van der Waals surface area contributed by atoms with Crippen molar-refractivity contribution >= 4 is 31.0 Å². The molecule has 0 amide bonds. The standard InChI is InChI=1S/C6H15O2P.C3F7I/c1-4-7-9(6-3)8-5-2;4-1(5,2(6,7)8)3(9,10)11/h4-6H2,1-3H3;. The Morgan fingerprint density at radius 1 is 0.850 bits per heavy atom. The second kappa shape index (κ2) is 9.58. The van der Waals surface area contributed by atoms with Crippen LogP contribution in [0.1, 0.15) is 20.8 Å². The van der Waals surface area contributed by atoms with Gasteiger partial charge in [-0.25, -0.2) is 0 Å². The van der Waals surface area contributed by atoms with Crippen molar-refractivity contribution in [3.05, 3.63) is 0 Å². The summed E-state index contributed by atoms with van der Waals surface area (Å²) in [5.41, 5.74) is 0. The summed E-state index contributed by atoms with van der Waals surface area (Å²) in [6, 6.07) is 0. The second-order valence-electron chi connectivity index (χ2n) is 3.05. The molecule has 0 atom stereocenters. The van der Waals surface area contributed by atoms with Gasteiger partial charge in [0.2, 0.25) is 0 Å². The third-order valence-corrected chi connectivity index (χ3v) is 3.80. The number of alkyl halides is 8. The third-order valence-electron chi connectivity index (χ3n) is 1.52. The van der Waals surface area contributed by atoms with Crippen LogP contribution >= 0.6 is 31.0 Å². The minimum Gasteiger partial charge on any atom is -0.334 e. The van der Waals surface area contributed by atoms with Gasteiger partial charge in [-0.2, -0.15) is 30.7 Å². The van der Waals surface area contributed by atoms with Gasteiger partial charge in [0.1, 0.15) is 0 Å². The van der Waals surface area contributed by atoms with E-state index in [9.17, 15) is 30.7 Å². The van der Waals surface area contributed by atoms with Crippen LogP contribution in [0.4, 0.5) is 30.7 Å². The van der Waals surface area contributed by atoms with Crippen molar-refractivity contribution in [2.45, 2.75) is 36.8 Å². The lowest BCUT2D eigenvalue weighted by molar-refractivity contribution is -0.325.